The van der Waals surface area contributed by atoms with Gasteiger partial charge in [0.25, 0.3) is 0 Å². The van der Waals surface area contributed by atoms with Crippen molar-refractivity contribution in [2.24, 2.45) is 0 Å². The van der Waals surface area contributed by atoms with Crippen LogP contribution in [0.15, 0.2) is 67.1 Å². The summed E-state index contributed by atoms with van der Waals surface area (Å²) in [5.74, 6) is 1.56. The van der Waals surface area contributed by atoms with E-state index in [0.717, 1.165) is 51.3 Å². The molecule has 2 heterocycles. The quantitative estimate of drug-likeness (QED) is 0.533. The third-order valence-corrected chi connectivity index (χ3v) is 4.38. The van der Waals surface area contributed by atoms with E-state index in [-0.39, 0.29) is 0 Å². The van der Waals surface area contributed by atoms with Crippen molar-refractivity contribution in [3.8, 4) is 22.8 Å². The van der Waals surface area contributed by atoms with E-state index in [1.54, 1.807) is 32.8 Å². The molecule has 0 atom stereocenters. The highest BCUT2D eigenvalue weighted by atomic mass is 16.5. The van der Waals surface area contributed by atoms with Crippen molar-refractivity contribution in [1.82, 2.24) is 15.0 Å². The summed E-state index contributed by atoms with van der Waals surface area (Å²) in [5, 5.41) is 0. The lowest BCUT2D eigenvalue weighted by molar-refractivity contribution is 0.393. The van der Waals surface area contributed by atoms with Crippen LogP contribution in [0.5, 0.6) is 11.5 Å². The van der Waals surface area contributed by atoms with Gasteiger partial charge >= 0.3 is 0 Å². The van der Waals surface area contributed by atoms with E-state index in [4.69, 9.17) is 14.5 Å². The summed E-state index contributed by atoms with van der Waals surface area (Å²) < 4.78 is 10.7. The Kier molecular flexibility index (Phi) is 4.66. The number of rotatable bonds is 5. The van der Waals surface area contributed by atoms with Crippen molar-refractivity contribution in [3.05, 3.63) is 78.2 Å². The van der Waals surface area contributed by atoms with Crippen LogP contribution in [0.4, 0.5) is 0 Å². The Balaban J connectivity index is 1.69. The van der Waals surface area contributed by atoms with Gasteiger partial charge in [-0.25, -0.2) is 4.98 Å². The Labute approximate surface area is 157 Å². The first-order valence-corrected chi connectivity index (χ1v) is 8.63. The summed E-state index contributed by atoms with van der Waals surface area (Å²) in [6.07, 6.45) is 6.08. The van der Waals surface area contributed by atoms with Crippen LogP contribution in [0, 0.1) is 0 Å². The maximum Gasteiger partial charge on any atom is 0.122 e. The van der Waals surface area contributed by atoms with E-state index in [1.807, 2.05) is 36.4 Å². The van der Waals surface area contributed by atoms with Gasteiger partial charge in [-0.2, -0.15) is 0 Å². The highest BCUT2D eigenvalue weighted by Gasteiger charge is 2.07. The van der Waals surface area contributed by atoms with Crippen LogP contribution < -0.4 is 9.47 Å². The molecule has 2 aromatic heterocycles. The zero-order valence-corrected chi connectivity index (χ0v) is 15.2. The van der Waals surface area contributed by atoms with Crippen molar-refractivity contribution in [2.45, 2.75) is 6.42 Å². The molecule has 2 aromatic carbocycles. The molecular weight excluding hydrogens is 338 g/mol. The van der Waals surface area contributed by atoms with Crippen LogP contribution in [0.25, 0.3) is 22.3 Å². The van der Waals surface area contributed by atoms with Crippen molar-refractivity contribution in [1.29, 1.82) is 0 Å². The summed E-state index contributed by atoms with van der Waals surface area (Å²) in [5.41, 5.74) is 5.77. The molecule has 0 saturated carbocycles. The molecule has 0 bridgehead atoms. The van der Waals surface area contributed by atoms with Gasteiger partial charge in [-0.05, 0) is 53.9 Å². The second-order valence-corrected chi connectivity index (χ2v) is 6.22. The molecule has 5 heteroatoms. The molecule has 0 spiro atoms. The summed E-state index contributed by atoms with van der Waals surface area (Å²) in [6, 6.07) is 15.9. The van der Waals surface area contributed by atoms with Gasteiger partial charge in [-0.1, -0.05) is 6.07 Å². The van der Waals surface area contributed by atoms with Gasteiger partial charge in [-0.3, -0.25) is 9.97 Å². The number of benzene rings is 2. The number of pyridine rings is 1. The van der Waals surface area contributed by atoms with E-state index in [0.29, 0.717) is 0 Å². The molecule has 0 aliphatic heterocycles. The van der Waals surface area contributed by atoms with Crippen LogP contribution in [0.3, 0.4) is 0 Å². The maximum atomic E-state index is 5.36. The van der Waals surface area contributed by atoms with Gasteiger partial charge in [0.2, 0.25) is 0 Å². The molecule has 134 valence electrons. The maximum absolute atomic E-state index is 5.36. The molecule has 0 aliphatic carbocycles. The van der Waals surface area contributed by atoms with E-state index < -0.39 is 0 Å². The predicted molar refractivity (Wildman–Crippen MR) is 105 cm³/mol. The number of methoxy groups -OCH3 is 2. The highest BCUT2D eigenvalue weighted by molar-refractivity contribution is 5.77. The van der Waals surface area contributed by atoms with Crippen LogP contribution >= 0.6 is 0 Å². The molecule has 0 aliphatic rings. The van der Waals surface area contributed by atoms with Crippen molar-refractivity contribution in [3.63, 3.8) is 0 Å². The number of fused-ring (bicyclic) bond motifs is 1. The third kappa shape index (κ3) is 3.72. The molecular formula is C22H19N3O2. The first-order chi connectivity index (χ1) is 13.2. The summed E-state index contributed by atoms with van der Waals surface area (Å²) in [7, 11) is 3.31. The van der Waals surface area contributed by atoms with E-state index in [2.05, 4.69) is 22.1 Å². The highest BCUT2D eigenvalue weighted by Crippen LogP contribution is 2.25. The number of hydrogen-bond donors (Lipinski definition) is 0. The van der Waals surface area contributed by atoms with E-state index in [1.165, 1.54) is 0 Å². The Morgan fingerprint density at radius 1 is 0.815 bits per heavy atom. The smallest absolute Gasteiger partial charge is 0.122 e. The second-order valence-electron chi connectivity index (χ2n) is 6.22. The fraction of sp³-hybridized carbons (Fsp3) is 0.136. The van der Waals surface area contributed by atoms with Gasteiger partial charge in [0.1, 0.15) is 11.5 Å². The van der Waals surface area contributed by atoms with Gasteiger partial charge in [0, 0.05) is 24.0 Å². The second kappa shape index (κ2) is 7.41. The molecule has 27 heavy (non-hydrogen) atoms. The lowest BCUT2D eigenvalue weighted by Gasteiger charge is -2.09. The van der Waals surface area contributed by atoms with Gasteiger partial charge in [0.05, 0.1) is 37.1 Å². The molecule has 0 fully saturated rings. The third-order valence-electron chi connectivity index (χ3n) is 4.38. The first-order valence-electron chi connectivity index (χ1n) is 8.63. The van der Waals surface area contributed by atoms with Crippen LogP contribution in [-0.2, 0) is 6.42 Å². The van der Waals surface area contributed by atoms with E-state index in [9.17, 15) is 0 Å². The van der Waals surface area contributed by atoms with E-state index >= 15 is 0 Å². The SMILES string of the molecule is COc1cc(Cc2ccc3ncc(-c4cccnc4)nc3c2)cc(OC)c1. The lowest BCUT2D eigenvalue weighted by atomic mass is 10.0. The zero-order valence-electron chi connectivity index (χ0n) is 15.2. The minimum absolute atomic E-state index is 0.752. The number of ether oxygens (including phenoxy) is 2. The average molecular weight is 357 g/mol. The zero-order chi connectivity index (χ0) is 18.6. The Morgan fingerprint density at radius 2 is 1.63 bits per heavy atom. The fourth-order valence-electron chi connectivity index (χ4n) is 3.02. The topological polar surface area (TPSA) is 57.1 Å². The number of nitrogens with zero attached hydrogens (tertiary/aromatic N) is 3. The number of aromatic nitrogens is 3. The molecule has 5 nitrogen and oxygen atoms in total. The minimum Gasteiger partial charge on any atom is -0.497 e. The van der Waals surface area contributed by atoms with Gasteiger partial charge in [0.15, 0.2) is 0 Å². The molecule has 0 unspecified atom stereocenters. The molecule has 4 rings (SSSR count). The number of hydrogen-bond acceptors (Lipinski definition) is 5. The minimum atomic E-state index is 0.752. The Hall–Kier alpha value is -3.47. The van der Waals surface area contributed by atoms with Crippen molar-refractivity contribution < 1.29 is 9.47 Å². The van der Waals surface area contributed by atoms with Gasteiger partial charge in [-0.15, -0.1) is 0 Å². The molecule has 0 N–H and O–H groups in total. The molecule has 4 aromatic rings. The summed E-state index contributed by atoms with van der Waals surface area (Å²) in [4.78, 5) is 13.4. The monoisotopic (exact) mass is 357 g/mol. The van der Waals surface area contributed by atoms with Crippen LogP contribution in [-0.4, -0.2) is 29.2 Å². The molecule has 0 amide bonds. The fourth-order valence-corrected chi connectivity index (χ4v) is 3.02. The van der Waals surface area contributed by atoms with Crippen molar-refractivity contribution >= 4 is 11.0 Å². The Bertz CT molecular complexity index is 1060. The molecule has 0 radical (unpaired) electrons. The largest absolute Gasteiger partial charge is 0.497 e. The van der Waals surface area contributed by atoms with Gasteiger partial charge < -0.3 is 9.47 Å². The average Bonchev–Trinajstić information content (AvgIpc) is 2.73. The normalized spacial score (nSPS) is 10.7. The lowest BCUT2D eigenvalue weighted by Crippen LogP contribution is -1.94. The summed E-state index contributed by atoms with van der Waals surface area (Å²) in [6.45, 7) is 0. The van der Waals surface area contributed by atoms with Crippen molar-refractivity contribution in [2.75, 3.05) is 14.2 Å². The Morgan fingerprint density at radius 3 is 2.33 bits per heavy atom. The standard InChI is InChI=1S/C22H19N3O2/c1-26-18-9-16(10-19(12-18)27-2)8-15-5-6-20-21(11-15)25-22(14-24-20)17-4-3-7-23-13-17/h3-7,9-14H,8H2,1-2H3. The van der Waals surface area contributed by atoms with Crippen LogP contribution in [0.2, 0.25) is 0 Å². The first kappa shape index (κ1) is 17.0. The predicted octanol–water partition coefficient (Wildman–Crippen LogP) is 4.30. The van der Waals surface area contributed by atoms with Crippen LogP contribution in [0.1, 0.15) is 11.1 Å². The molecule has 0 saturated heterocycles. The summed E-state index contributed by atoms with van der Waals surface area (Å²) >= 11 is 0.